The number of nitrogens with zero attached hydrogens (tertiary/aromatic N) is 3. The van der Waals surface area contributed by atoms with Gasteiger partial charge in [-0.25, -0.2) is 9.97 Å². The van der Waals surface area contributed by atoms with Gasteiger partial charge in [-0.3, -0.25) is 4.79 Å². The van der Waals surface area contributed by atoms with Crippen molar-refractivity contribution in [2.24, 2.45) is 5.41 Å². The zero-order valence-electron chi connectivity index (χ0n) is 16.3. The summed E-state index contributed by atoms with van der Waals surface area (Å²) in [4.78, 5) is 20.4. The fourth-order valence-corrected chi connectivity index (χ4v) is 3.05. The summed E-state index contributed by atoms with van der Waals surface area (Å²) in [5.41, 5.74) is 0.0627. The molecule has 30 heavy (non-hydrogen) atoms. The zero-order chi connectivity index (χ0) is 21.5. The van der Waals surface area contributed by atoms with Gasteiger partial charge in [-0.15, -0.1) is 0 Å². The molecule has 0 aliphatic carbocycles. The lowest BCUT2D eigenvalue weighted by atomic mass is 9.90. The van der Waals surface area contributed by atoms with Crippen molar-refractivity contribution >= 4 is 17.2 Å². The lowest BCUT2D eigenvalue weighted by molar-refractivity contribution is -0.141. The highest BCUT2D eigenvalue weighted by Crippen LogP contribution is 2.32. The predicted octanol–water partition coefficient (Wildman–Crippen LogP) is 3.72. The molecule has 7 nitrogen and oxygen atoms in total. The number of carbonyl (C=O) groups is 1. The molecule has 1 saturated heterocycles. The predicted molar refractivity (Wildman–Crippen MR) is 102 cm³/mol. The molecule has 1 aliphatic rings. The van der Waals surface area contributed by atoms with E-state index in [-0.39, 0.29) is 11.1 Å². The van der Waals surface area contributed by atoms with Crippen LogP contribution in [0.15, 0.2) is 36.7 Å². The van der Waals surface area contributed by atoms with Crippen molar-refractivity contribution in [1.29, 1.82) is 0 Å². The third-order valence-corrected chi connectivity index (χ3v) is 4.67. The van der Waals surface area contributed by atoms with Crippen LogP contribution >= 0.6 is 0 Å². The highest BCUT2D eigenvalue weighted by atomic mass is 19.4. The van der Waals surface area contributed by atoms with Gasteiger partial charge >= 0.3 is 6.18 Å². The first-order chi connectivity index (χ1) is 14.1. The van der Waals surface area contributed by atoms with Gasteiger partial charge in [0, 0.05) is 23.9 Å². The van der Waals surface area contributed by atoms with Crippen molar-refractivity contribution in [1.82, 2.24) is 14.4 Å². The summed E-state index contributed by atoms with van der Waals surface area (Å²) in [6.07, 6.45) is -1.27. The third kappa shape index (κ3) is 4.09. The second-order valence-corrected chi connectivity index (χ2v) is 7.65. The van der Waals surface area contributed by atoms with E-state index in [4.69, 9.17) is 9.47 Å². The van der Waals surface area contributed by atoms with Crippen LogP contribution in [0, 0.1) is 12.3 Å². The normalized spacial score (nSPS) is 15.6. The molecule has 1 fully saturated rings. The standard InChI is InChI=1S/C20H19F3N4O3/c1-12-7-27-8-14(15(6-17(27)24-12)30-11-19(2)9-29-10-19)26-18(28)13-4-3-5-16(25-13)20(21,22)23/h3-8H,9-11H2,1-2H3,(H,26,28). The van der Waals surface area contributed by atoms with Gasteiger partial charge in [-0.05, 0) is 19.1 Å². The van der Waals surface area contributed by atoms with Gasteiger partial charge in [0.1, 0.15) is 28.5 Å². The van der Waals surface area contributed by atoms with Crippen LogP contribution in [0.3, 0.4) is 0 Å². The molecule has 0 atom stereocenters. The van der Waals surface area contributed by atoms with E-state index < -0.39 is 17.8 Å². The van der Waals surface area contributed by atoms with Gasteiger partial charge in [-0.2, -0.15) is 13.2 Å². The minimum Gasteiger partial charge on any atom is -0.490 e. The number of nitrogens with one attached hydrogen (secondary N) is 1. The number of hydrogen-bond donors (Lipinski definition) is 1. The number of amides is 1. The van der Waals surface area contributed by atoms with E-state index >= 15 is 0 Å². The molecule has 3 aromatic rings. The molecule has 0 saturated carbocycles. The van der Waals surface area contributed by atoms with E-state index in [0.717, 1.165) is 17.8 Å². The number of anilines is 1. The van der Waals surface area contributed by atoms with Gasteiger partial charge in [0.2, 0.25) is 0 Å². The van der Waals surface area contributed by atoms with Gasteiger partial charge in [-0.1, -0.05) is 13.0 Å². The van der Waals surface area contributed by atoms with E-state index in [1.165, 1.54) is 6.07 Å². The largest absolute Gasteiger partial charge is 0.490 e. The van der Waals surface area contributed by atoms with Crippen LogP contribution in [0.4, 0.5) is 18.9 Å². The van der Waals surface area contributed by atoms with Crippen molar-refractivity contribution in [3.05, 3.63) is 53.7 Å². The Labute approximate surface area is 169 Å². The molecule has 0 aromatic carbocycles. The molecular weight excluding hydrogens is 401 g/mol. The summed E-state index contributed by atoms with van der Waals surface area (Å²) in [5, 5.41) is 2.61. The van der Waals surface area contributed by atoms with Crippen LogP contribution in [0.25, 0.3) is 5.65 Å². The van der Waals surface area contributed by atoms with Crippen LogP contribution in [0.5, 0.6) is 5.75 Å². The molecule has 158 valence electrons. The Balaban J connectivity index is 1.63. The second-order valence-electron chi connectivity index (χ2n) is 7.65. The van der Waals surface area contributed by atoms with Crippen molar-refractivity contribution in [2.45, 2.75) is 20.0 Å². The molecule has 0 spiro atoms. The van der Waals surface area contributed by atoms with Crippen molar-refractivity contribution < 1.29 is 27.4 Å². The van der Waals surface area contributed by atoms with Crippen LogP contribution in [-0.4, -0.2) is 40.1 Å². The topological polar surface area (TPSA) is 77.8 Å². The molecule has 10 heteroatoms. The maximum Gasteiger partial charge on any atom is 0.433 e. The number of rotatable bonds is 5. The lowest BCUT2D eigenvalue weighted by Gasteiger charge is -2.37. The maximum absolute atomic E-state index is 12.9. The number of carbonyl (C=O) groups excluding carboxylic acids is 1. The summed E-state index contributed by atoms with van der Waals surface area (Å²) in [5.74, 6) is -0.415. The Kier molecular flexibility index (Phi) is 4.89. The van der Waals surface area contributed by atoms with E-state index in [1.807, 2.05) is 13.8 Å². The molecule has 1 N–H and O–H groups in total. The summed E-state index contributed by atoms with van der Waals surface area (Å²) < 4.78 is 51.6. The first-order valence-electron chi connectivity index (χ1n) is 9.19. The number of alkyl halides is 3. The van der Waals surface area contributed by atoms with E-state index in [9.17, 15) is 18.0 Å². The molecular formula is C20H19F3N4O3. The Bertz CT molecular complexity index is 1110. The highest BCUT2D eigenvalue weighted by molar-refractivity contribution is 6.03. The fraction of sp³-hybridized carbons (Fsp3) is 0.350. The van der Waals surface area contributed by atoms with Crippen LogP contribution in [0.1, 0.15) is 28.8 Å². The van der Waals surface area contributed by atoms with Crippen LogP contribution in [-0.2, 0) is 10.9 Å². The Morgan fingerprint density at radius 1 is 1.30 bits per heavy atom. The van der Waals surface area contributed by atoms with Gasteiger partial charge in [0.05, 0.1) is 25.5 Å². The third-order valence-electron chi connectivity index (χ3n) is 4.67. The number of aromatic nitrogens is 3. The Hall–Kier alpha value is -3.14. The average molecular weight is 420 g/mol. The quantitative estimate of drug-likeness (QED) is 0.681. The number of hydrogen-bond acceptors (Lipinski definition) is 5. The molecule has 4 heterocycles. The minimum atomic E-state index is -4.64. The van der Waals surface area contributed by atoms with Crippen molar-refractivity contribution in [2.75, 3.05) is 25.1 Å². The van der Waals surface area contributed by atoms with Crippen molar-refractivity contribution in [3.63, 3.8) is 0 Å². The monoisotopic (exact) mass is 420 g/mol. The zero-order valence-corrected chi connectivity index (χ0v) is 16.3. The molecule has 0 unspecified atom stereocenters. The number of pyridine rings is 2. The van der Waals surface area contributed by atoms with Crippen LogP contribution < -0.4 is 10.1 Å². The molecule has 1 amide bonds. The number of imidazole rings is 1. The van der Waals surface area contributed by atoms with E-state index in [0.29, 0.717) is 36.9 Å². The summed E-state index contributed by atoms with van der Waals surface area (Å²) in [7, 11) is 0. The summed E-state index contributed by atoms with van der Waals surface area (Å²) in [6, 6.07) is 4.85. The van der Waals surface area contributed by atoms with E-state index in [1.54, 1.807) is 22.9 Å². The summed E-state index contributed by atoms with van der Waals surface area (Å²) in [6.45, 7) is 5.32. The highest BCUT2D eigenvalue weighted by Gasteiger charge is 2.35. The number of fused-ring (bicyclic) bond motifs is 1. The molecule has 4 rings (SSSR count). The van der Waals surface area contributed by atoms with Crippen LogP contribution in [0.2, 0.25) is 0 Å². The SMILES string of the molecule is Cc1cn2cc(NC(=O)c3cccc(C(F)(F)F)n3)c(OCC3(C)COC3)cc2n1. The van der Waals surface area contributed by atoms with Crippen molar-refractivity contribution in [3.8, 4) is 5.75 Å². The summed E-state index contributed by atoms with van der Waals surface area (Å²) >= 11 is 0. The number of aryl methyl sites for hydroxylation is 1. The lowest BCUT2D eigenvalue weighted by Crippen LogP contribution is -2.44. The Morgan fingerprint density at radius 3 is 2.73 bits per heavy atom. The van der Waals surface area contributed by atoms with Gasteiger partial charge < -0.3 is 19.2 Å². The maximum atomic E-state index is 12.9. The smallest absolute Gasteiger partial charge is 0.433 e. The molecule has 0 radical (unpaired) electrons. The molecule has 1 aliphatic heterocycles. The first kappa shape index (κ1) is 20.1. The van der Waals surface area contributed by atoms with E-state index in [2.05, 4.69) is 15.3 Å². The molecule has 3 aromatic heterocycles. The fourth-order valence-electron chi connectivity index (χ4n) is 3.05. The Morgan fingerprint density at radius 2 is 2.07 bits per heavy atom. The number of ether oxygens (including phenoxy) is 2. The second kappa shape index (κ2) is 7.28. The minimum absolute atomic E-state index is 0.138. The average Bonchev–Trinajstić information content (AvgIpc) is 3.02. The van der Waals surface area contributed by atoms with Gasteiger partial charge in [0.25, 0.3) is 5.91 Å². The molecule has 0 bridgehead atoms. The number of halogens is 3. The van der Waals surface area contributed by atoms with Gasteiger partial charge in [0.15, 0.2) is 0 Å². The first-order valence-corrected chi connectivity index (χ1v) is 9.19.